The van der Waals surface area contributed by atoms with E-state index in [2.05, 4.69) is 4.89 Å². The molecule has 0 radical (unpaired) electrons. The zero-order valence-electron chi connectivity index (χ0n) is 13.8. The van der Waals surface area contributed by atoms with E-state index in [9.17, 15) is 0 Å². The highest BCUT2D eigenvalue weighted by molar-refractivity contribution is 4.52. The minimum absolute atomic E-state index is 0.234. The van der Waals surface area contributed by atoms with Crippen LogP contribution >= 0.6 is 0 Å². The van der Waals surface area contributed by atoms with E-state index in [1.54, 1.807) is 0 Å². The molecule has 1 atom stereocenters. The van der Waals surface area contributed by atoms with Crippen molar-refractivity contribution in [3.63, 3.8) is 0 Å². The average molecular weight is 325 g/mol. The molecule has 0 aromatic rings. The number of hydrogen-bond acceptors (Lipinski definition) is 8. The third-order valence-electron chi connectivity index (χ3n) is 2.42. The van der Waals surface area contributed by atoms with Crippen LogP contribution in [0.4, 0.5) is 0 Å². The summed E-state index contributed by atoms with van der Waals surface area (Å²) in [7, 11) is 1.46. The first-order valence-corrected chi connectivity index (χ1v) is 7.63. The third-order valence-corrected chi connectivity index (χ3v) is 2.42. The van der Waals surface area contributed by atoms with Gasteiger partial charge in [0, 0.05) is 13.2 Å². The zero-order chi connectivity index (χ0) is 16.3. The van der Waals surface area contributed by atoms with Crippen LogP contribution in [0.5, 0.6) is 0 Å². The lowest BCUT2D eigenvalue weighted by molar-refractivity contribution is -0.318. The first-order chi connectivity index (χ1) is 10.8. The minimum atomic E-state index is -0.234. The molecule has 22 heavy (non-hydrogen) atoms. The molecular weight excluding hydrogens is 294 g/mol. The van der Waals surface area contributed by atoms with E-state index < -0.39 is 0 Å². The maximum atomic E-state index is 5.43. The van der Waals surface area contributed by atoms with Crippen LogP contribution in [0.2, 0.25) is 0 Å². The van der Waals surface area contributed by atoms with Crippen molar-refractivity contribution in [1.82, 2.24) is 0 Å². The summed E-state index contributed by atoms with van der Waals surface area (Å²) in [5, 5.41) is 0. The first-order valence-electron chi connectivity index (χ1n) is 7.63. The highest BCUT2D eigenvalue weighted by Crippen LogP contribution is 1.96. The van der Waals surface area contributed by atoms with E-state index >= 15 is 0 Å². The van der Waals surface area contributed by atoms with Crippen LogP contribution in [-0.2, 0) is 33.5 Å². The first kappa shape index (κ1) is 21.7. The van der Waals surface area contributed by atoms with Gasteiger partial charge >= 0.3 is 0 Å². The standard InChI is InChI=1S/C14H31NO7/c1-3-17-12-14(22-16-2)13-21-11-10-20-9-8-19-7-6-18-5-4-15/h14H,3-13,15H2,1-2H3. The molecule has 0 aromatic carbocycles. The van der Waals surface area contributed by atoms with Crippen LogP contribution < -0.4 is 5.73 Å². The van der Waals surface area contributed by atoms with Crippen molar-refractivity contribution in [2.24, 2.45) is 5.73 Å². The molecule has 0 fully saturated rings. The van der Waals surface area contributed by atoms with E-state index in [0.717, 1.165) is 0 Å². The lowest BCUT2D eigenvalue weighted by Gasteiger charge is -2.15. The van der Waals surface area contributed by atoms with Gasteiger partial charge in [-0.2, -0.15) is 0 Å². The second-order valence-electron chi connectivity index (χ2n) is 4.25. The smallest absolute Gasteiger partial charge is 0.139 e. The van der Waals surface area contributed by atoms with Gasteiger partial charge in [0.2, 0.25) is 0 Å². The molecule has 0 aliphatic carbocycles. The SMILES string of the molecule is CCOCC(COCCOCCOCCOCCN)OOC. The zero-order valence-corrected chi connectivity index (χ0v) is 13.8. The van der Waals surface area contributed by atoms with Crippen molar-refractivity contribution >= 4 is 0 Å². The molecule has 1 unspecified atom stereocenters. The lowest BCUT2D eigenvalue weighted by atomic mass is 10.4. The molecule has 0 aromatic heterocycles. The fraction of sp³-hybridized carbons (Fsp3) is 1.00. The topological polar surface area (TPSA) is 90.6 Å². The molecule has 2 N–H and O–H groups in total. The third kappa shape index (κ3) is 16.1. The predicted octanol–water partition coefficient (Wildman–Crippen LogP) is -0.00540. The van der Waals surface area contributed by atoms with Crippen LogP contribution in [0.3, 0.4) is 0 Å². The van der Waals surface area contributed by atoms with Crippen LogP contribution in [0, 0.1) is 0 Å². The Labute approximate surface area is 133 Å². The highest BCUT2D eigenvalue weighted by Gasteiger charge is 2.10. The van der Waals surface area contributed by atoms with Crippen molar-refractivity contribution in [1.29, 1.82) is 0 Å². The van der Waals surface area contributed by atoms with Gasteiger partial charge in [0.05, 0.1) is 66.6 Å². The summed E-state index contributed by atoms with van der Waals surface area (Å²) in [6, 6.07) is 0. The molecule has 0 aliphatic heterocycles. The number of hydrogen-bond donors (Lipinski definition) is 1. The molecule has 0 saturated carbocycles. The Hall–Kier alpha value is -0.320. The Bertz CT molecular complexity index is 210. The molecule has 0 amide bonds. The van der Waals surface area contributed by atoms with Crippen molar-refractivity contribution in [3.8, 4) is 0 Å². The summed E-state index contributed by atoms with van der Waals surface area (Å²) in [5.74, 6) is 0. The fourth-order valence-corrected chi connectivity index (χ4v) is 1.45. The number of nitrogens with two attached hydrogens (primary N) is 1. The van der Waals surface area contributed by atoms with Gasteiger partial charge in [-0.05, 0) is 6.92 Å². The molecule has 0 rings (SSSR count). The largest absolute Gasteiger partial charge is 0.379 e. The monoisotopic (exact) mass is 325 g/mol. The number of rotatable bonds is 18. The second-order valence-corrected chi connectivity index (χ2v) is 4.25. The molecule has 0 heterocycles. The molecule has 8 nitrogen and oxygen atoms in total. The van der Waals surface area contributed by atoms with Gasteiger partial charge in [-0.1, -0.05) is 0 Å². The molecule has 134 valence electrons. The van der Waals surface area contributed by atoms with E-state index in [-0.39, 0.29) is 6.10 Å². The van der Waals surface area contributed by atoms with Crippen molar-refractivity contribution in [2.75, 3.05) is 79.7 Å². The van der Waals surface area contributed by atoms with E-state index in [1.165, 1.54) is 7.11 Å². The van der Waals surface area contributed by atoms with E-state index in [1.807, 2.05) is 6.92 Å². The number of ether oxygens (including phenoxy) is 5. The molecule has 0 saturated heterocycles. The molecule has 0 aliphatic rings. The van der Waals surface area contributed by atoms with Crippen LogP contribution in [0.25, 0.3) is 0 Å². The summed E-state index contributed by atoms with van der Waals surface area (Å²) >= 11 is 0. The van der Waals surface area contributed by atoms with Crippen molar-refractivity contribution in [3.05, 3.63) is 0 Å². The summed E-state index contributed by atoms with van der Waals surface area (Å²) in [5.41, 5.74) is 5.29. The van der Waals surface area contributed by atoms with Crippen LogP contribution in [0.15, 0.2) is 0 Å². The maximum absolute atomic E-state index is 5.43. The van der Waals surface area contributed by atoms with Gasteiger partial charge in [-0.15, -0.1) is 0 Å². The second kappa shape index (κ2) is 18.7. The van der Waals surface area contributed by atoms with Gasteiger partial charge < -0.3 is 29.4 Å². The quantitative estimate of drug-likeness (QED) is 0.214. The molecular formula is C14H31NO7. The molecule has 0 bridgehead atoms. The summed E-state index contributed by atoms with van der Waals surface area (Å²) in [6.07, 6.45) is -0.234. The Kier molecular flexibility index (Phi) is 18.5. The summed E-state index contributed by atoms with van der Waals surface area (Å²) in [4.78, 5) is 9.65. The Balaban J connectivity index is 3.23. The van der Waals surface area contributed by atoms with Crippen molar-refractivity contribution < 1.29 is 33.5 Å². The summed E-state index contributed by atoms with van der Waals surface area (Å²) in [6.45, 7) is 7.62. The van der Waals surface area contributed by atoms with Gasteiger partial charge in [0.1, 0.15) is 6.10 Å². The Morgan fingerprint density at radius 3 is 1.73 bits per heavy atom. The Morgan fingerprint density at radius 2 is 1.23 bits per heavy atom. The highest BCUT2D eigenvalue weighted by atomic mass is 17.2. The van der Waals surface area contributed by atoms with Crippen molar-refractivity contribution in [2.45, 2.75) is 13.0 Å². The molecule has 0 spiro atoms. The summed E-state index contributed by atoms with van der Waals surface area (Å²) < 4.78 is 26.5. The minimum Gasteiger partial charge on any atom is -0.379 e. The predicted molar refractivity (Wildman–Crippen MR) is 80.7 cm³/mol. The van der Waals surface area contributed by atoms with Gasteiger partial charge in [0.15, 0.2) is 0 Å². The van der Waals surface area contributed by atoms with E-state index in [4.69, 9.17) is 34.3 Å². The Morgan fingerprint density at radius 1 is 0.727 bits per heavy atom. The average Bonchev–Trinajstić information content (AvgIpc) is 2.53. The van der Waals surface area contributed by atoms with Gasteiger partial charge in [0.25, 0.3) is 0 Å². The van der Waals surface area contributed by atoms with Crippen LogP contribution in [-0.4, -0.2) is 85.8 Å². The lowest BCUT2D eigenvalue weighted by Crippen LogP contribution is -2.26. The normalized spacial score (nSPS) is 12.7. The maximum Gasteiger partial charge on any atom is 0.139 e. The van der Waals surface area contributed by atoms with Gasteiger partial charge in [-0.3, -0.25) is 0 Å². The van der Waals surface area contributed by atoms with E-state index in [0.29, 0.717) is 72.6 Å². The fourth-order valence-electron chi connectivity index (χ4n) is 1.45. The molecule has 8 heteroatoms. The van der Waals surface area contributed by atoms with Gasteiger partial charge in [-0.25, -0.2) is 9.78 Å². The van der Waals surface area contributed by atoms with Crippen LogP contribution in [0.1, 0.15) is 6.92 Å².